The number of carbonyl (C=O) groups excluding carboxylic acids is 1. The van der Waals surface area contributed by atoms with Crippen molar-refractivity contribution < 1.29 is 9.32 Å². The van der Waals surface area contributed by atoms with E-state index >= 15 is 0 Å². The summed E-state index contributed by atoms with van der Waals surface area (Å²) in [6, 6.07) is 16.5. The van der Waals surface area contributed by atoms with Crippen molar-refractivity contribution in [2.75, 3.05) is 11.1 Å². The van der Waals surface area contributed by atoms with E-state index in [0.29, 0.717) is 29.1 Å². The van der Waals surface area contributed by atoms with Crippen LogP contribution in [0.25, 0.3) is 0 Å². The van der Waals surface area contributed by atoms with Gasteiger partial charge in [0, 0.05) is 22.4 Å². The lowest BCUT2D eigenvalue weighted by Gasteiger charge is -2.08. The molecule has 3 rings (SSSR count). The highest BCUT2D eigenvalue weighted by molar-refractivity contribution is 7.99. The third-order valence-corrected chi connectivity index (χ3v) is 5.90. The molecule has 1 heterocycles. The molecule has 0 aliphatic heterocycles. The van der Waals surface area contributed by atoms with Gasteiger partial charge >= 0.3 is 0 Å². The van der Waals surface area contributed by atoms with Crippen molar-refractivity contribution in [3.8, 4) is 0 Å². The molecule has 0 bridgehead atoms. The van der Waals surface area contributed by atoms with Crippen LogP contribution in [0.1, 0.15) is 37.0 Å². The van der Waals surface area contributed by atoms with Crippen molar-refractivity contribution in [1.29, 1.82) is 0 Å². The number of thioether (sulfide) groups is 1. The van der Waals surface area contributed by atoms with Gasteiger partial charge in [0.15, 0.2) is 5.82 Å². The molecular formula is C21H23N3O2S2. The topological polar surface area (TPSA) is 68.0 Å². The molecule has 0 unspecified atom stereocenters. The first-order chi connectivity index (χ1) is 13.5. The van der Waals surface area contributed by atoms with Gasteiger partial charge in [0.2, 0.25) is 11.8 Å². The van der Waals surface area contributed by atoms with E-state index < -0.39 is 0 Å². The molecule has 0 spiro atoms. The van der Waals surface area contributed by atoms with E-state index in [1.165, 1.54) is 22.2 Å². The number of hydrogen-bond donors (Lipinski definition) is 1. The fraction of sp³-hybridized carbons (Fsp3) is 0.286. The highest BCUT2D eigenvalue weighted by Gasteiger charge is 2.07. The average molecular weight is 414 g/mol. The molecule has 5 nitrogen and oxygen atoms in total. The van der Waals surface area contributed by atoms with E-state index in [9.17, 15) is 4.79 Å². The Morgan fingerprint density at radius 1 is 1.07 bits per heavy atom. The van der Waals surface area contributed by atoms with E-state index in [-0.39, 0.29) is 5.91 Å². The lowest BCUT2D eigenvalue weighted by atomic mass is 10.0. The number of aromatic nitrogens is 2. The maximum atomic E-state index is 12.1. The Balaban J connectivity index is 1.46. The quantitative estimate of drug-likeness (QED) is 0.524. The zero-order valence-corrected chi connectivity index (χ0v) is 17.8. The molecule has 1 amide bonds. The van der Waals surface area contributed by atoms with E-state index in [4.69, 9.17) is 4.52 Å². The first-order valence-electron chi connectivity index (χ1n) is 9.04. The Morgan fingerprint density at radius 3 is 2.29 bits per heavy atom. The normalized spacial score (nSPS) is 11.0. The monoisotopic (exact) mass is 413 g/mol. The van der Waals surface area contributed by atoms with Gasteiger partial charge in [0.1, 0.15) is 0 Å². The lowest BCUT2D eigenvalue weighted by Crippen LogP contribution is -2.14. The van der Waals surface area contributed by atoms with Crippen LogP contribution in [-0.2, 0) is 10.5 Å². The van der Waals surface area contributed by atoms with Crippen LogP contribution in [0.3, 0.4) is 0 Å². The van der Waals surface area contributed by atoms with Crippen molar-refractivity contribution in [3.63, 3.8) is 0 Å². The average Bonchev–Trinajstić information content (AvgIpc) is 3.09. The summed E-state index contributed by atoms with van der Waals surface area (Å²) in [5.41, 5.74) is 2.13. The highest BCUT2D eigenvalue weighted by atomic mass is 32.2. The number of nitrogens with one attached hydrogen (secondary N) is 1. The molecule has 0 saturated heterocycles. The summed E-state index contributed by atoms with van der Waals surface area (Å²) >= 11 is 3.16. The number of rotatable bonds is 8. The summed E-state index contributed by atoms with van der Waals surface area (Å²) in [6.07, 6.45) is 0. The molecule has 3 aromatic rings. The van der Waals surface area contributed by atoms with Gasteiger partial charge in [-0.3, -0.25) is 4.79 Å². The van der Waals surface area contributed by atoms with Crippen LogP contribution in [0.15, 0.2) is 62.8 Å². The number of amides is 1. The summed E-state index contributed by atoms with van der Waals surface area (Å²) in [5, 5.41) is 6.72. The Morgan fingerprint density at radius 2 is 1.71 bits per heavy atom. The Kier molecular flexibility index (Phi) is 7.17. The van der Waals surface area contributed by atoms with Crippen molar-refractivity contribution in [2.45, 2.75) is 42.2 Å². The fourth-order valence-corrected chi connectivity index (χ4v) is 3.97. The summed E-state index contributed by atoms with van der Waals surface area (Å²) in [5.74, 6) is 2.53. The zero-order valence-electron chi connectivity index (χ0n) is 16.1. The molecule has 146 valence electrons. The molecule has 0 fully saturated rings. The predicted molar refractivity (Wildman–Crippen MR) is 115 cm³/mol. The minimum absolute atomic E-state index is 0.0464. The van der Waals surface area contributed by atoms with Crippen LogP contribution in [0.2, 0.25) is 0 Å². The number of hydrogen-bond acceptors (Lipinski definition) is 6. The number of benzene rings is 2. The van der Waals surface area contributed by atoms with E-state index in [2.05, 4.69) is 53.6 Å². The number of carbonyl (C=O) groups is 1. The number of aryl methyl sites for hydroxylation is 1. The molecule has 0 aliphatic rings. The highest BCUT2D eigenvalue weighted by Crippen LogP contribution is 2.29. The van der Waals surface area contributed by atoms with Gasteiger partial charge in [-0.15, -0.1) is 11.8 Å². The molecule has 0 radical (unpaired) electrons. The van der Waals surface area contributed by atoms with Crippen molar-refractivity contribution in [3.05, 3.63) is 65.8 Å². The van der Waals surface area contributed by atoms with Gasteiger partial charge in [-0.05, 0) is 47.9 Å². The van der Waals surface area contributed by atoms with Gasteiger partial charge in [0.25, 0.3) is 0 Å². The third-order valence-electron chi connectivity index (χ3n) is 3.95. The molecule has 1 N–H and O–H groups in total. The smallest absolute Gasteiger partial charge is 0.234 e. The van der Waals surface area contributed by atoms with E-state index in [1.807, 2.05) is 24.3 Å². The van der Waals surface area contributed by atoms with Crippen LogP contribution in [0.4, 0.5) is 5.69 Å². The molecule has 28 heavy (non-hydrogen) atoms. The molecule has 0 saturated carbocycles. The maximum Gasteiger partial charge on any atom is 0.234 e. The Hall–Kier alpha value is -2.25. The van der Waals surface area contributed by atoms with Gasteiger partial charge in [-0.2, -0.15) is 4.98 Å². The Labute approximate surface area is 173 Å². The SMILES string of the molecule is Cc1nc(CSCC(=O)Nc2ccc(Sc3ccc(C(C)C)cc3)cc2)no1. The zero-order chi connectivity index (χ0) is 19.9. The molecule has 0 aliphatic carbocycles. The molecule has 0 atom stereocenters. The van der Waals surface area contributed by atoms with Crippen LogP contribution in [0, 0.1) is 6.92 Å². The molecular weight excluding hydrogens is 390 g/mol. The number of nitrogens with zero attached hydrogens (tertiary/aromatic N) is 2. The van der Waals surface area contributed by atoms with Gasteiger partial charge in [0.05, 0.1) is 11.5 Å². The first kappa shape index (κ1) is 20.5. The molecule has 1 aromatic heterocycles. The lowest BCUT2D eigenvalue weighted by molar-refractivity contribution is -0.113. The predicted octanol–water partition coefficient (Wildman–Crippen LogP) is 5.52. The van der Waals surface area contributed by atoms with Gasteiger partial charge in [-0.25, -0.2) is 0 Å². The second-order valence-corrected chi connectivity index (χ2v) is 8.75. The summed E-state index contributed by atoms with van der Waals surface area (Å²) < 4.78 is 4.91. The van der Waals surface area contributed by atoms with Crippen LogP contribution < -0.4 is 5.32 Å². The van der Waals surface area contributed by atoms with Crippen LogP contribution in [0.5, 0.6) is 0 Å². The molecule has 2 aromatic carbocycles. The third kappa shape index (κ3) is 6.14. The number of anilines is 1. The van der Waals surface area contributed by atoms with Crippen molar-refractivity contribution in [1.82, 2.24) is 10.1 Å². The second-order valence-electron chi connectivity index (χ2n) is 6.62. The summed E-state index contributed by atoms with van der Waals surface area (Å²) in [4.78, 5) is 18.5. The van der Waals surface area contributed by atoms with Crippen LogP contribution >= 0.6 is 23.5 Å². The largest absolute Gasteiger partial charge is 0.340 e. The minimum atomic E-state index is -0.0464. The van der Waals surface area contributed by atoms with Crippen molar-refractivity contribution >= 4 is 35.1 Å². The fourth-order valence-electron chi connectivity index (χ4n) is 2.50. The van der Waals surface area contributed by atoms with Crippen molar-refractivity contribution in [2.24, 2.45) is 0 Å². The van der Waals surface area contributed by atoms with Gasteiger partial charge in [-0.1, -0.05) is 42.9 Å². The maximum absolute atomic E-state index is 12.1. The second kappa shape index (κ2) is 9.80. The van der Waals surface area contributed by atoms with Crippen LogP contribution in [-0.4, -0.2) is 21.8 Å². The Bertz CT molecular complexity index is 906. The first-order valence-corrected chi connectivity index (χ1v) is 11.0. The van der Waals surface area contributed by atoms with E-state index in [0.717, 1.165) is 10.6 Å². The summed E-state index contributed by atoms with van der Waals surface area (Å²) in [6.45, 7) is 6.14. The minimum Gasteiger partial charge on any atom is -0.340 e. The standard InChI is InChI=1S/C21H23N3O2S2/c1-14(2)16-4-8-18(9-5-16)28-19-10-6-17(7-11-19)23-21(25)13-27-12-20-22-15(3)26-24-20/h4-11,14H,12-13H2,1-3H3,(H,23,25). The van der Waals surface area contributed by atoms with Gasteiger partial charge < -0.3 is 9.84 Å². The summed E-state index contributed by atoms with van der Waals surface area (Å²) in [7, 11) is 0. The van der Waals surface area contributed by atoms with E-state index in [1.54, 1.807) is 18.7 Å². The molecule has 7 heteroatoms.